The highest BCUT2D eigenvalue weighted by molar-refractivity contribution is 5.72. The molecule has 1 heterocycles. The molecule has 0 unspecified atom stereocenters. The molecule has 0 amide bonds. The van der Waals surface area contributed by atoms with Crippen molar-refractivity contribution in [3.05, 3.63) is 29.6 Å². The number of carbonyl (C=O) groups is 1. The minimum Gasteiger partial charge on any atom is -0.463 e. The van der Waals surface area contributed by atoms with Crippen LogP contribution in [0.25, 0.3) is 0 Å². The Hall–Kier alpha value is -1.38. The molecule has 14 heavy (non-hydrogen) atoms. The summed E-state index contributed by atoms with van der Waals surface area (Å²) in [7, 11) is 0. The molecule has 0 aliphatic carbocycles. The molecule has 0 saturated heterocycles. The van der Waals surface area contributed by atoms with Crippen LogP contribution in [-0.4, -0.2) is 17.1 Å². The fourth-order valence-electron chi connectivity index (χ4n) is 1.19. The van der Waals surface area contributed by atoms with Gasteiger partial charge in [-0.05, 0) is 31.9 Å². The van der Waals surface area contributed by atoms with Crippen molar-refractivity contribution in [3.8, 4) is 0 Å². The first kappa shape index (κ1) is 10.7. The lowest BCUT2D eigenvalue weighted by molar-refractivity contribution is -0.146. The van der Waals surface area contributed by atoms with E-state index in [2.05, 4.69) is 4.98 Å². The van der Waals surface area contributed by atoms with Crippen LogP contribution in [-0.2, 0) is 16.0 Å². The molecule has 1 rings (SSSR count). The Balaban J connectivity index is 2.56. The van der Waals surface area contributed by atoms with Gasteiger partial charge in [0.1, 0.15) is 0 Å². The summed E-state index contributed by atoms with van der Waals surface area (Å²) in [6, 6.07) is 1.94. The molecular weight excluding hydrogens is 178 g/mol. The Morgan fingerprint density at radius 1 is 1.50 bits per heavy atom. The highest BCUT2D eigenvalue weighted by Crippen LogP contribution is 2.03. The first-order chi connectivity index (χ1) is 6.58. The largest absolute Gasteiger partial charge is 0.463 e. The third kappa shape index (κ3) is 3.56. The number of hydrogen-bond acceptors (Lipinski definition) is 3. The van der Waals surface area contributed by atoms with Gasteiger partial charge in [-0.3, -0.25) is 9.78 Å². The standard InChI is InChI=1S/C11H15NO2/c1-8(2)14-11(13)5-10-4-9(3)6-12-7-10/h4,6-8H,5H2,1-3H3. The summed E-state index contributed by atoms with van der Waals surface area (Å²) in [5.74, 6) is -0.201. The van der Waals surface area contributed by atoms with Crippen molar-refractivity contribution in [1.29, 1.82) is 0 Å². The van der Waals surface area contributed by atoms with Gasteiger partial charge in [0.05, 0.1) is 12.5 Å². The van der Waals surface area contributed by atoms with E-state index in [-0.39, 0.29) is 12.1 Å². The Morgan fingerprint density at radius 2 is 2.21 bits per heavy atom. The van der Waals surface area contributed by atoms with E-state index in [9.17, 15) is 4.79 Å². The van der Waals surface area contributed by atoms with Gasteiger partial charge in [-0.25, -0.2) is 0 Å². The number of aryl methyl sites for hydroxylation is 1. The normalized spacial score (nSPS) is 10.3. The molecule has 0 N–H and O–H groups in total. The third-order valence-corrected chi connectivity index (χ3v) is 1.65. The van der Waals surface area contributed by atoms with Crippen molar-refractivity contribution < 1.29 is 9.53 Å². The molecule has 0 atom stereocenters. The molecule has 0 aromatic carbocycles. The van der Waals surface area contributed by atoms with E-state index in [4.69, 9.17) is 4.74 Å². The number of carbonyl (C=O) groups excluding carboxylic acids is 1. The minimum atomic E-state index is -0.201. The van der Waals surface area contributed by atoms with Gasteiger partial charge >= 0.3 is 5.97 Å². The maximum absolute atomic E-state index is 11.3. The third-order valence-electron chi connectivity index (χ3n) is 1.65. The number of aromatic nitrogens is 1. The first-order valence-corrected chi connectivity index (χ1v) is 4.68. The lowest BCUT2D eigenvalue weighted by Gasteiger charge is -2.07. The average molecular weight is 193 g/mol. The zero-order valence-electron chi connectivity index (χ0n) is 8.78. The summed E-state index contributed by atoms with van der Waals surface area (Å²) in [4.78, 5) is 15.3. The molecule has 0 bridgehead atoms. The van der Waals surface area contributed by atoms with Crippen molar-refractivity contribution in [2.24, 2.45) is 0 Å². The van der Waals surface area contributed by atoms with Gasteiger partial charge < -0.3 is 4.74 Å². The maximum Gasteiger partial charge on any atom is 0.310 e. The minimum absolute atomic E-state index is 0.0553. The zero-order chi connectivity index (χ0) is 10.6. The van der Waals surface area contributed by atoms with Crippen molar-refractivity contribution in [2.75, 3.05) is 0 Å². The van der Waals surface area contributed by atoms with E-state index in [0.29, 0.717) is 6.42 Å². The van der Waals surface area contributed by atoms with Crippen LogP contribution in [0.5, 0.6) is 0 Å². The topological polar surface area (TPSA) is 39.2 Å². The molecule has 1 aromatic heterocycles. The van der Waals surface area contributed by atoms with Gasteiger partial charge in [0, 0.05) is 12.4 Å². The zero-order valence-corrected chi connectivity index (χ0v) is 8.78. The molecule has 0 saturated carbocycles. The van der Waals surface area contributed by atoms with Crippen LogP contribution in [0, 0.1) is 6.92 Å². The second-order valence-electron chi connectivity index (χ2n) is 3.59. The molecular formula is C11H15NO2. The summed E-state index contributed by atoms with van der Waals surface area (Å²) in [5, 5.41) is 0. The highest BCUT2D eigenvalue weighted by Gasteiger charge is 2.06. The molecule has 3 nitrogen and oxygen atoms in total. The summed E-state index contributed by atoms with van der Waals surface area (Å²) >= 11 is 0. The maximum atomic E-state index is 11.3. The van der Waals surface area contributed by atoms with E-state index >= 15 is 0 Å². The number of ether oxygens (including phenoxy) is 1. The smallest absolute Gasteiger partial charge is 0.310 e. The van der Waals surface area contributed by atoms with Gasteiger partial charge in [0.25, 0.3) is 0 Å². The Bertz CT molecular complexity index is 321. The van der Waals surface area contributed by atoms with E-state index < -0.39 is 0 Å². The van der Waals surface area contributed by atoms with E-state index in [0.717, 1.165) is 11.1 Å². The van der Waals surface area contributed by atoms with Crippen LogP contribution in [0.15, 0.2) is 18.5 Å². The Kier molecular flexibility index (Phi) is 3.63. The fourth-order valence-corrected chi connectivity index (χ4v) is 1.19. The van der Waals surface area contributed by atoms with E-state index in [1.165, 1.54) is 0 Å². The van der Waals surface area contributed by atoms with Crippen molar-refractivity contribution in [2.45, 2.75) is 33.3 Å². The number of rotatable bonds is 3. The number of hydrogen-bond donors (Lipinski definition) is 0. The monoisotopic (exact) mass is 193 g/mol. The van der Waals surface area contributed by atoms with Crippen molar-refractivity contribution in [3.63, 3.8) is 0 Å². The number of pyridine rings is 1. The summed E-state index contributed by atoms with van der Waals surface area (Å²) < 4.78 is 5.03. The summed E-state index contributed by atoms with van der Waals surface area (Å²) in [6.45, 7) is 5.63. The lowest BCUT2D eigenvalue weighted by atomic mass is 10.2. The molecule has 0 spiro atoms. The van der Waals surface area contributed by atoms with Crippen LogP contribution in [0.4, 0.5) is 0 Å². The van der Waals surface area contributed by atoms with Crippen LogP contribution >= 0.6 is 0 Å². The fraction of sp³-hybridized carbons (Fsp3) is 0.455. The second kappa shape index (κ2) is 4.74. The quantitative estimate of drug-likeness (QED) is 0.688. The van der Waals surface area contributed by atoms with Crippen molar-refractivity contribution >= 4 is 5.97 Å². The molecule has 76 valence electrons. The van der Waals surface area contributed by atoms with Gasteiger partial charge in [0.2, 0.25) is 0 Å². The SMILES string of the molecule is Cc1cncc(CC(=O)OC(C)C)c1. The number of esters is 1. The van der Waals surface area contributed by atoms with E-state index in [1.807, 2.05) is 26.8 Å². The Labute approximate surface area is 84.1 Å². The second-order valence-corrected chi connectivity index (χ2v) is 3.59. The molecule has 0 aliphatic rings. The van der Waals surface area contributed by atoms with Crippen LogP contribution < -0.4 is 0 Å². The Morgan fingerprint density at radius 3 is 2.79 bits per heavy atom. The van der Waals surface area contributed by atoms with Gasteiger partial charge in [0.15, 0.2) is 0 Å². The van der Waals surface area contributed by atoms with Crippen LogP contribution in [0.1, 0.15) is 25.0 Å². The van der Waals surface area contributed by atoms with E-state index in [1.54, 1.807) is 12.4 Å². The van der Waals surface area contributed by atoms with Crippen molar-refractivity contribution in [1.82, 2.24) is 4.98 Å². The predicted octanol–water partition coefficient (Wildman–Crippen LogP) is 1.88. The molecule has 0 fully saturated rings. The molecule has 3 heteroatoms. The van der Waals surface area contributed by atoms with Crippen LogP contribution in [0.2, 0.25) is 0 Å². The molecule has 0 radical (unpaired) electrons. The van der Waals surface area contributed by atoms with Crippen LogP contribution in [0.3, 0.4) is 0 Å². The lowest BCUT2D eigenvalue weighted by Crippen LogP contribution is -2.13. The molecule has 1 aromatic rings. The summed E-state index contributed by atoms with van der Waals surface area (Å²) in [6.07, 6.45) is 3.69. The van der Waals surface area contributed by atoms with Gasteiger partial charge in [-0.1, -0.05) is 6.07 Å². The first-order valence-electron chi connectivity index (χ1n) is 4.68. The predicted molar refractivity (Wildman–Crippen MR) is 53.9 cm³/mol. The van der Waals surface area contributed by atoms with Gasteiger partial charge in [-0.15, -0.1) is 0 Å². The number of nitrogens with zero attached hydrogens (tertiary/aromatic N) is 1. The average Bonchev–Trinajstić information content (AvgIpc) is 2.01. The highest BCUT2D eigenvalue weighted by atomic mass is 16.5. The van der Waals surface area contributed by atoms with Gasteiger partial charge in [-0.2, -0.15) is 0 Å². The summed E-state index contributed by atoms with van der Waals surface area (Å²) in [5.41, 5.74) is 1.95. The molecule has 0 aliphatic heterocycles.